The highest BCUT2D eigenvalue weighted by Crippen LogP contribution is 2.39. The highest BCUT2D eigenvalue weighted by atomic mass is 14.8. The Morgan fingerprint density at radius 1 is 1.23 bits per heavy atom. The zero-order valence-electron chi connectivity index (χ0n) is 7.92. The lowest BCUT2D eigenvalue weighted by atomic mass is 9.81. The van der Waals surface area contributed by atoms with Gasteiger partial charge in [0.25, 0.3) is 0 Å². The third-order valence-electron chi connectivity index (χ3n) is 3.45. The van der Waals surface area contributed by atoms with Crippen LogP contribution in [0.1, 0.15) is 38.5 Å². The molecular formula is C12H15N. The Kier molecular flexibility index (Phi) is 1.64. The molecule has 1 heteroatoms. The number of aliphatic imine (C=N–C) groups is 1. The van der Waals surface area contributed by atoms with Gasteiger partial charge in [-0.3, -0.25) is 4.99 Å². The second kappa shape index (κ2) is 2.83. The number of nitrogens with zero attached hydrogens (tertiary/aromatic N) is 1. The fourth-order valence-electron chi connectivity index (χ4n) is 2.79. The molecule has 1 saturated carbocycles. The average molecular weight is 173 g/mol. The van der Waals surface area contributed by atoms with Crippen molar-refractivity contribution in [1.29, 1.82) is 0 Å². The van der Waals surface area contributed by atoms with Crippen molar-refractivity contribution in [2.24, 2.45) is 10.9 Å². The van der Waals surface area contributed by atoms with Gasteiger partial charge in [-0.05, 0) is 43.8 Å². The monoisotopic (exact) mass is 173 g/mol. The van der Waals surface area contributed by atoms with Crippen molar-refractivity contribution in [1.82, 2.24) is 0 Å². The van der Waals surface area contributed by atoms with E-state index in [9.17, 15) is 0 Å². The van der Waals surface area contributed by atoms with Crippen molar-refractivity contribution in [3.63, 3.8) is 0 Å². The van der Waals surface area contributed by atoms with Crippen LogP contribution in [0.25, 0.3) is 0 Å². The van der Waals surface area contributed by atoms with Crippen LogP contribution >= 0.6 is 0 Å². The molecule has 13 heavy (non-hydrogen) atoms. The Hall–Kier alpha value is -0.850. The van der Waals surface area contributed by atoms with Gasteiger partial charge in [-0.1, -0.05) is 12.5 Å². The summed E-state index contributed by atoms with van der Waals surface area (Å²) >= 11 is 0. The van der Waals surface area contributed by atoms with Crippen LogP contribution in [0, 0.1) is 5.92 Å². The Morgan fingerprint density at radius 2 is 2.23 bits per heavy atom. The van der Waals surface area contributed by atoms with Crippen LogP contribution in [0.4, 0.5) is 0 Å². The van der Waals surface area contributed by atoms with E-state index in [-0.39, 0.29) is 0 Å². The maximum Gasteiger partial charge on any atom is 0.0624 e. The van der Waals surface area contributed by atoms with Gasteiger partial charge in [0.05, 0.1) is 5.70 Å². The molecule has 0 aromatic heterocycles. The minimum Gasteiger partial charge on any atom is -0.257 e. The topological polar surface area (TPSA) is 12.4 Å². The zero-order chi connectivity index (χ0) is 8.67. The minimum atomic E-state index is 0.758. The molecule has 0 radical (unpaired) electrons. The summed E-state index contributed by atoms with van der Waals surface area (Å²) in [4.78, 5) is 4.74. The quantitative estimate of drug-likeness (QED) is 0.533. The molecule has 0 saturated heterocycles. The van der Waals surface area contributed by atoms with E-state index in [4.69, 9.17) is 4.99 Å². The Labute approximate surface area is 79.3 Å². The fourth-order valence-corrected chi connectivity index (χ4v) is 2.79. The zero-order valence-corrected chi connectivity index (χ0v) is 7.92. The minimum absolute atomic E-state index is 0.758. The molecule has 3 rings (SSSR count). The Morgan fingerprint density at radius 3 is 3.23 bits per heavy atom. The second-order valence-corrected chi connectivity index (χ2v) is 4.25. The van der Waals surface area contributed by atoms with Crippen LogP contribution in [0.3, 0.4) is 0 Å². The molecule has 0 N–H and O–H groups in total. The molecule has 1 aliphatic heterocycles. The van der Waals surface area contributed by atoms with Crippen LogP contribution in [-0.2, 0) is 0 Å². The van der Waals surface area contributed by atoms with E-state index in [1.54, 1.807) is 5.57 Å². The Balaban J connectivity index is 1.97. The average Bonchev–Trinajstić information content (AvgIpc) is 2.56. The van der Waals surface area contributed by atoms with Gasteiger partial charge in [-0.15, -0.1) is 0 Å². The van der Waals surface area contributed by atoms with E-state index >= 15 is 0 Å². The standard InChI is InChI=1S/C12H15N/c1-3-7-11-9(5-1)10-6-2-4-8-12(10)13-11/h3,7,10H,1-2,4-6,8H2. The first-order valence-corrected chi connectivity index (χ1v) is 5.42. The van der Waals surface area contributed by atoms with E-state index in [0.29, 0.717) is 0 Å². The summed E-state index contributed by atoms with van der Waals surface area (Å²) in [6, 6.07) is 0. The number of hydrogen-bond donors (Lipinski definition) is 0. The molecule has 0 spiro atoms. The lowest BCUT2D eigenvalue weighted by molar-refractivity contribution is 0.570. The molecule has 0 aromatic rings. The van der Waals surface area contributed by atoms with Crippen molar-refractivity contribution in [2.75, 3.05) is 0 Å². The van der Waals surface area contributed by atoms with Gasteiger partial charge in [0, 0.05) is 11.6 Å². The second-order valence-electron chi connectivity index (χ2n) is 4.25. The molecule has 1 unspecified atom stereocenters. The summed E-state index contributed by atoms with van der Waals surface area (Å²) in [5.74, 6) is 0.758. The van der Waals surface area contributed by atoms with Gasteiger partial charge >= 0.3 is 0 Å². The normalized spacial score (nSPS) is 31.4. The van der Waals surface area contributed by atoms with Crippen LogP contribution < -0.4 is 0 Å². The van der Waals surface area contributed by atoms with Crippen molar-refractivity contribution in [3.8, 4) is 0 Å². The van der Waals surface area contributed by atoms with Crippen molar-refractivity contribution < 1.29 is 0 Å². The number of rotatable bonds is 0. The van der Waals surface area contributed by atoms with Crippen LogP contribution in [-0.4, -0.2) is 5.71 Å². The predicted octanol–water partition coefficient (Wildman–Crippen LogP) is 3.24. The molecule has 0 amide bonds. The molecule has 1 nitrogen and oxygen atoms in total. The van der Waals surface area contributed by atoms with Gasteiger partial charge in [0.15, 0.2) is 0 Å². The molecule has 1 heterocycles. The largest absolute Gasteiger partial charge is 0.257 e. The SMILES string of the molecule is C1=CC2=C(CC1)C1CCCCC1=N2. The summed E-state index contributed by atoms with van der Waals surface area (Å²) in [7, 11) is 0. The van der Waals surface area contributed by atoms with E-state index < -0.39 is 0 Å². The first-order valence-electron chi connectivity index (χ1n) is 5.42. The molecule has 3 aliphatic rings. The lowest BCUT2D eigenvalue weighted by Gasteiger charge is -2.22. The summed E-state index contributed by atoms with van der Waals surface area (Å²) in [6.45, 7) is 0. The summed E-state index contributed by atoms with van der Waals surface area (Å²) in [5, 5.41) is 0. The Bertz CT molecular complexity index is 320. The third kappa shape index (κ3) is 1.10. The van der Waals surface area contributed by atoms with E-state index in [1.165, 1.54) is 49.9 Å². The highest BCUT2D eigenvalue weighted by Gasteiger charge is 2.30. The maximum absolute atomic E-state index is 4.74. The van der Waals surface area contributed by atoms with Gasteiger partial charge in [0.2, 0.25) is 0 Å². The molecule has 1 fully saturated rings. The van der Waals surface area contributed by atoms with E-state index in [2.05, 4.69) is 12.2 Å². The summed E-state index contributed by atoms with van der Waals surface area (Å²) in [5.41, 5.74) is 4.45. The smallest absolute Gasteiger partial charge is 0.0624 e. The molecule has 2 aliphatic carbocycles. The van der Waals surface area contributed by atoms with E-state index in [0.717, 1.165) is 5.92 Å². The van der Waals surface area contributed by atoms with Crippen LogP contribution in [0.15, 0.2) is 28.4 Å². The van der Waals surface area contributed by atoms with Crippen LogP contribution in [0.2, 0.25) is 0 Å². The lowest BCUT2D eigenvalue weighted by Crippen LogP contribution is -2.18. The predicted molar refractivity (Wildman–Crippen MR) is 54.8 cm³/mol. The first kappa shape index (κ1) is 7.54. The van der Waals surface area contributed by atoms with Crippen LogP contribution in [0.5, 0.6) is 0 Å². The molecule has 0 bridgehead atoms. The summed E-state index contributed by atoms with van der Waals surface area (Å²) < 4.78 is 0. The van der Waals surface area contributed by atoms with Gasteiger partial charge in [-0.2, -0.15) is 0 Å². The third-order valence-corrected chi connectivity index (χ3v) is 3.45. The molecule has 68 valence electrons. The van der Waals surface area contributed by atoms with Crippen molar-refractivity contribution in [3.05, 3.63) is 23.4 Å². The molecule has 0 aromatic carbocycles. The highest BCUT2D eigenvalue weighted by molar-refractivity contribution is 5.93. The van der Waals surface area contributed by atoms with Gasteiger partial charge in [0.1, 0.15) is 0 Å². The van der Waals surface area contributed by atoms with Crippen molar-refractivity contribution >= 4 is 5.71 Å². The van der Waals surface area contributed by atoms with Crippen molar-refractivity contribution in [2.45, 2.75) is 38.5 Å². The first-order chi connectivity index (χ1) is 6.45. The fraction of sp³-hybridized carbons (Fsp3) is 0.583. The number of fused-ring (bicyclic) bond motifs is 2. The van der Waals surface area contributed by atoms with Gasteiger partial charge < -0.3 is 0 Å². The molecular weight excluding hydrogens is 158 g/mol. The maximum atomic E-state index is 4.74. The molecule has 1 atom stereocenters. The van der Waals surface area contributed by atoms with Gasteiger partial charge in [-0.25, -0.2) is 0 Å². The number of allylic oxidation sites excluding steroid dienone is 3. The van der Waals surface area contributed by atoms with E-state index in [1.807, 2.05) is 0 Å². The number of hydrogen-bond acceptors (Lipinski definition) is 1. The summed E-state index contributed by atoms with van der Waals surface area (Å²) in [6.07, 6.45) is 12.4.